The first kappa shape index (κ1) is 22.6. The van der Waals surface area contributed by atoms with E-state index in [4.69, 9.17) is 4.74 Å². The second-order valence-electron chi connectivity index (χ2n) is 7.53. The van der Waals surface area contributed by atoms with Crippen molar-refractivity contribution >= 4 is 21.6 Å². The Hall–Kier alpha value is -2.71. The van der Waals surface area contributed by atoms with Gasteiger partial charge in [-0.05, 0) is 54.8 Å². The van der Waals surface area contributed by atoms with Crippen LogP contribution in [0.15, 0.2) is 58.5 Å². The van der Waals surface area contributed by atoms with E-state index in [0.29, 0.717) is 17.0 Å². The van der Waals surface area contributed by atoms with Crippen LogP contribution in [-0.4, -0.2) is 33.7 Å². The number of ether oxygens (including phenoxy) is 1. The second-order valence-corrected chi connectivity index (χ2v) is 9.41. The quantitative estimate of drug-likeness (QED) is 0.535. The molecule has 2 aromatic rings. The molecule has 0 bridgehead atoms. The summed E-state index contributed by atoms with van der Waals surface area (Å²) in [7, 11) is -2.13. The normalized spacial score (nSPS) is 12.5. The third kappa shape index (κ3) is 6.40. The third-order valence-electron chi connectivity index (χ3n) is 4.29. The number of carbonyl (C=O) groups is 1. The lowest BCUT2D eigenvalue weighted by Gasteiger charge is -2.19. The number of benzene rings is 2. The van der Waals surface area contributed by atoms with Gasteiger partial charge in [-0.2, -0.15) is 5.10 Å². The molecule has 7 nitrogen and oxygen atoms in total. The number of sulfonamides is 1. The Labute approximate surface area is 172 Å². The molecule has 29 heavy (non-hydrogen) atoms. The molecule has 2 rings (SSSR count). The molecule has 0 saturated carbocycles. The number of nitrogens with one attached hydrogen (secondary N) is 2. The van der Waals surface area contributed by atoms with Crippen LogP contribution in [0.3, 0.4) is 0 Å². The van der Waals surface area contributed by atoms with E-state index in [1.165, 1.54) is 24.7 Å². The van der Waals surface area contributed by atoms with Gasteiger partial charge in [-0.15, -0.1) is 0 Å². The molecule has 0 heterocycles. The zero-order valence-electron chi connectivity index (χ0n) is 17.3. The van der Waals surface area contributed by atoms with Crippen molar-refractivity contribution in [1.82, 2.24) is 10.1 Å². The van der Waals surface area contributed by atoms with Gasteiger partial charge in [0.15, 0.2) is 6.61 Å². The molecule has 8 heteroatoms. The van der Waals surface area contributed by atoms with Gasteiger partial charge in [0.05, 0.1) is 10.6 Å². The van der Waals surface area contributed by atoms with Crippen LogP contribution in [0, 0.1) is 0 Å². The Morgan fingerprint density at radius 1 is 1.03 bits per heavy atom. The molecule has 0 unspecified atom stereocenters. The summed E-state index contributed by atoms with van der Waals surface area (Å²) in [5, 5.41) is 4.04. The van der Waals surface area contributed by atoms with Gasteiger partial charge in [-0.25, -0.2) is 18.6 Å². The highest BCUT2D eigenvalue weighted by atomic mass is 32.2. The number of hydrazone groups is 1. The van der Waals surface area contributed by atoms with Crippen molar-refractivity contribution in [1.29, 1.82) is 0 Å². The monoisotopic (exact) mass is 417 g/mol. The van der Waals surface area contributed by atoms with Crippen molar-refractivity contribution in [2.24, 2.45) is 5.10 Å². The predicted octanol–water partition coefficient (Wildman–Crippen LogP) is 2.81. The van der Waals surface area contributed by atoms with Crippen LogP contribution in [0.5, 0.6) is 5.75 Å². The van der Waals surface area contributed by atoms with E-state index in [2.05, 4.69) is 36.0 Å². The molecule has 0 fully saturated rings. The van der Waals surface area contributed by atoms with Crippen LogP contribution in [0.1, 0.15) is 38.8 Å². The van der Waals surface area contributed by atoms with Gasteiger partial charge in [0, 0.05) is 0 Å². The Bertz CT molecular complexity index is 974. The SMILES string of the molecule is CNS(=O)(=O)c1ccc(/C(C)=N\NC(=O)COc2ccc(C(C)(C)C)cc2)cc1. The Balaban J connectivity index is 1.91. The molecule has 0 aliphatic rings. The van der Waals surface area contributed by atoms with Gasteiger partial charge in [0.2, 0.25) is 10.0 Å². The average molecular weight is 418 g/mol. The molecule has 2 N–H and O–H groups in total. The number of amides is 1. The van der Waals surface area contributed by atoms with Gasteiger partial charge in [0.1, 0.15) is 5.75 Å². The van der Waals surface area contributed by atoms with Crippen molar-refractivity contribution in [3.63, 3.8) is 0 Å². The van der Waals surface area contributed by atoms with E-state index < -0.39 is 15.9 Å². The highest BCUT2D eigenvalue weighted by Gasteiger charge is 2.13. The van der Waals surface area contributed by atoms with E-state index in [9.17, 15) is 13.2 Å². The Morgan fingerprint density at radius 2 is 1.62 bits per heavy atom. The molecule has 0 saturated heterocycles. The largest absolute Gasteiger partial charge is 0.484 e. The van der Waals surface area contributed by atoms with Crippen LogP contribution >= 0.6 is 0 Å². The van der Waals surface area contributed by atoms with Crippen molar-refractivity contribution in [3.8, 4) is 5.75 Å². The summed E-state index contributed by atoms with van der Waals surface area (Å²) in [6.45, 7) is 7.94. The summed E-state index contributed by atoms with van der Waals surface area (Å²) in [5.41, 5.74) is 4.91. The molecule has 0 spiro atoms. The molecule has 0 radical (unpaired) electrons. The van der Waals surface area contributed by atoms with Crippen molar-refractivity contribution in [2.75, 3.05) is 13.7 Å². The fourth-order valence-electron chi connectivity index (χ4n) is 2.44. The standard InChI is InChI=1S/C21H27N3O4S/c1-15(16-6-12-19(13-7-16)29(26,27)22-5)23-24-20(25)14-28-18-10-8-17(9-11-18)21(2,3)4/h6-13,22H,14H2,1-5H3,(H,24,25)/b23-15-. The number of hydrogen-bond donors (Lipinski definition) is 2. The predicted molar refractivity (Wildman–Crippen MR) is 114 cm³/mol. The lowest BCUT2D eigenvalue weighted by atomic mass is 9.87. The van der Waals surface area contributed by atoms with Crippen LogP contribution in [-0.2, 0) is 20.2 Å². The molecule has 156 valence electrons. The summed E-state index contributed by atoms with van der Waals surface area (Å²) in [4.78, 5) is 12.1. The van der Waals surface area contributed by atoms with Gasteiger partial charge in [0.25, 0.3) is 5.91 Å². The number of nitrogens with zero attached hydrogens (tertiary/aromatic N) is 1. The highest BCUT2D eigenvalue weighted by Crippen LogP contribution is 2.24. The van der Waals surface area contributed by atoms with Gasteiger partial charge < -0.3 is 4.74 Å². The number of carbonyl (C=O) groups excluding carboxylic acids is 1. The van der Waals surface area contributed by atoms with Crippen molar-refractivity contribution in [3.05, 3.63) is 59.7 Å². The van der Waals surface area contributed by atoms with E-state index >= 15 is 0 Å². The minimum atomic E-state index is -3.49. The minimum Gasteiger partial charge on any atom is -0.484 e. The van der Waals surface area contributed by atoms with Crippen LogP contribution < -0.4 is 14.9 Å². The lowest BCUT2D eigenvalue weighted by Crippen LogP contribution is -2.25. The summed E-state index contributed by atoms with van der Waals surface area (Å²) < 4.78 is 31.2. The highest BCUT2D eigenvalue weighted by molar-refractivity contribution is 7.89. The van der Waals surface area contributed by atoms with E-state index in [1.54, 1.807) is 19.1 Å². The Morgan fingerprint density at radius 3 is 2.14 bits per heavy atom. The molecular weight excluding hydrogens is 390 g/mol. The van der Waals surface area contributed by atoms with Crippen molar-refractivity contribution in [2.45, 2.75) is 38.0 Å². The topological polar surface area (TPSA) is 96.9 Å². The number of hydrogen-bond acceptors (Lipinski definition) is 5. The third-order valence-corrected chi connectivity index (χ3v) is 5.72. The van der Waals surface area contributed by atoms with Gasteiger partial charge >= 0.3 is 0 Å². The summed E-state index contributed by atoms with van der Waals surface area (Å²) in [6, 6.07) is 13.8. The minimum absolute atomic E-state index is 0.0532. The fourth-order valence-corrected chi connectivity index (χ4v) is 3.17. The molecule has 0 aromatic heterocycles. The lowest BCUT2D eigenvalue weighted by molar-refractivity contribution is -0.123. The maximum atomic E-state index is 12.0. The van der Waals surface area contributed by atoms with Crippen LogP contribution in [0.2, 0.25) is 0 Å². The number of rotatable bonds is 7. The molecule has 0 aliphatic carbocycles. The smallest absolute Gasteiger partial charge is 0.277 e. The molecule has 0 atom stereocenters. The second kappa shape index (κ2) is 9.19. The zero-order chi connectivity index (χ0) is 21.7. The van der Waals surface area contributed by atoms with Gasteiger partial charge in [-0.3, -0.25) is 4.79 Å². The fraction of sp³-hybridized carbons (Fsp3) is 0.333. The Kier molecular flexibility index (Phi) is 7.16. The van der Waals surface area contributed by atoms with Crippen molar-refractivity contribution < 1.29 is 17.9 Å². The van der Waals surface area contributed by atoms with Crippen LogP contribution in [0.4, 0.5) is 0 Å². The molecule has 0 aliphatic heterocycles. The molecular formula is C21H27N3O4S. The van der Waals surface area contributed by atoms with Gasteiger partial charge in [-0.1, -0.05) is 45.0 Å². The summed E-state index contributed by atoms with van der Waals surface area (Å²) in [5.74, 6) is 0.216. The molecule has 2 aromatic carbocycles. The van der Waals surface area contributed by atoms with E-state index in [1.807, 2.05) is 24.3 Å². The van der Waals surface area contributed by atoms with E-state index in [-0.39, 0.29) is 16.9 Å². The average Bonchev–Trinajstić information content (AvgIpc) is 2.70. The first-order chi connectivity index (χ1) is 13.5. The summed E-state index contributed by atoms with van der Waals surface area (Å²) in [6.07, 6.45) is 0. The summed E-state index contributed by atoms with van der Waals surface area (Å²) >= 11 is 0. The molecule has 1 amide bonds. The first-order valence-electron chi connectivity index (χ1n) is 9.13. The zero-order valence-corrected chi connectivity index (χ0v) is 18.1. The maximum absolute atomic E-state index is 12.0. The van der Waals surface area contributed by atoms with Crippen LogP contribution in [0.25, 0.3) is 0 Å². The maximum Gasteiger partial charge on any atom is 0.277 e. The van der Waals surface area contributed by atoms with E-state index in [0.717, 1.165) is 0 Å². The first-order valence-corrected chi connectivity index (χ1v) is 10.6.